The molecule has 3 aromatic rings. The van der Waals surface area contributed by atoms with Crippen LogP contribution >= 0.6 is 15.9 Å². The Morgan fingerprint density at radius 3 is 2.56 bits per heavy atom. The topological polar surface area (TPSA) is 68.3 Å². The van der Waals surface area contributed by atoms with Crippen molar-refractivity contribution in [3.63, 3.8) is 0 Å². The zero-order valence-electron chi connectivity index (χ0n) is 13.8. The molecule has 0 aliphatic rings. The van der Waals surface area contributed by atoms with E-state index in [0.29, 0.717) is 28.0 Å². The molecule has 0 aliphatic carbocycles. The Hall–Kier alpha value is -2.12. The first-order valence-corrected chi connectivity index (χ1v) is 9.99. The second kappa shape index (κ2) is 7.01. The van der Waals surface area contributed by atoms with E-state index in [-0.39, 0.29) is 4.90 Å². The molecule has 0 spiro atoms. The number of ether oxygens (including phenoxy) is 1. The fraction of sp³-hybridized carbons (Fsp3) is 0.167. The molecule has 1 N–H and O–H groups in total. The molecule has 0 aliphatic heterocycles. The summed E-state index contributed by atoms with van der Waals surface area (Å²) < 4.78 is 34.7. The summed E-state index contributed by atoms with van der Waals surface area (Å²) in [6.45, 7) is 4.23. The Kier molecular flexibility index (Phi) is 4.96. The van der Waals surface area contributed by atoms with Crippen molar-refractivity contribution >= 4 is 42.4 Å². The molecule has 5 nitrogen and oxygen atoms in total. The van der Waals surface area contributed by atoms with Gasteiger partial charge in [-0.1, -0.05) is 24.3 Å². The molecule has 0 bridgehead atoms. The van der Waals surface area contributed by atoms with Gasteiger partial charge in [0.25, 0.3) is 10.0 Å². The van der Waals surface area contributed by atoms with Gasteiger partial charge in [-0.3, -0.25) is 4.72 Å². The Morgan fingerprint density at radius 1 is 1.16 bits per heavy atom. The molecule has 0 unspecified atom stereocenters. The van der Waals surface area contributed by atoms with E-state index in [1.54, 1.807) is 24.3 Å². The monoisotopic (exact) mass is 420 g/mol. The maximum absolute atomic E-state index is 12.9. The van der Waals surface area contributed by atoms with Crippen molar-refractivity contribution in [2.75, 3.05) is 11.3 Å². The van der Waals surface area contributed by atoms with E-state index in [2.05, 4.69) is 25.6 Å². The molecular formula is C18H17BrN2O3S. The largest absolute Gasteiger partial charge is 0.493 e. The molecule has 3 rings (SSSR count). The van der Waals surface area contributed by atoms with E-state index in [4.69, 9.17) is 4.74 Å². The highest BCUT2D eigenvalue weighted by atomic mass is 79.9. The Bertz CT molecular complexity index is 1040. The number of sulfonamides is 1. The number of nitrogens with zero attached hydrogens (tertiary/aromatic N) is 1. The highest BCUT2D eigenvalue weighted by Gasteiger charge is 2.20. The number of aryl methyl sites for hydroxylation is 1. The number of rotatable bonds is 5. The molecule has 0 atom stereocenters. The minimum atomic E-state index is -3.77. The van der Waals surface area contributed by atoms with Gasteiger partial charge in [0.05, 0.1) is 23.4 Å². The number of fused-ring (bicyclic) bond motifs is 1. The summed E-state index contributed by atoms with van der Waals surface area (Å²) in [5.41, 5.74) is 1.22. The summed E-state index contributed by atoms with van der Waals surface area (Å²) in [5.74, 6) is 0.665. The van der Waals surface area contributed by atoms with Gasteiger partial charge in [-0.25, -0.2) is 13.4 Å². The van der Waals surface area contributed by atoms with Crippen molar-refractivity contribution in [2.45, 2.75) is 18.7 Å². The summed E-state index contributed by atoms with van der Waals surface area (Å²) in [5, 5.41) is 1.38. The molecule has 0 amide bonds. The maximum Gasteiger partial charge on any atom is 0.262 e. The van der Waals surface area contributed by atoms with Crippen LogP contribution in [0.4, 0.5) is 5.69 Å². The van der Waals surface area contributed by atoms with E-state index < -0.39 is 10.0 Å². The first-order valence-electron chi connectivity index (χ1n) is 7.72. The van der Waals surface area contributed by atoms with Crippen LogP contribution in [-0.2, 0) is 10.0 Å². The number of nitrogens with one attached hydrogen (secondary N) is 1. The number of benzene rings is 2. The van der Waals surface area contributed by atoms with Crippen molar-refractivity contribution in [2.24, 2.45) is 0 Å². The van der Waals surface area contributed by atoms with E-state index in [0.717, 1.165) is 10.9 Å². The summed E-state index contributed by atoms with van der Waals surface area (Å²) in [6.07, 6.45) is 1.49. The predicted octanol–water partition coefficient (Wildman–Crippen LogP) is 4.51. The zero-order chi connectivity index (χ0) is 18.0. The molecule has 0 saturated heterocycles. The van der Waals surface area contributed by atoms with Crippen LogP contribution in [0.15, 0.2) is 58.2 Å². The van der Waals surface area contributed by atoms with Crippen molar-refractivity contribution < 1.29 is 13.2 Å². The average Bonchev–Trinajstić information content (AvgIpc) is 2.58. The van der Waals surface area contributed by atoms with Crippen LogP contribution in [0.5, 0.6) is 5.75 Å². The smallest absolute Gasteiger partial charge is 0.262 e. The van der Waals surface area contributed by atoms with E-state index in [1.165, 1.54) is 6.20 Å². The van der Waals surface area contributed by atoms with Crippen LogP contribution in [0.1, 0.15) is 12.5 Å². The number of aromatic nitrogens is 1. The highest BCUT2D eigenvalue weighted by molar-refractivity contribution is 9.10. The van der Waals surface area contributed by atoms with E-state index >= 15 is 0 Å². The Labute approximate surface area is 155 Å². The SMILES string of the molecule is CCOc1ccc(S(=O)(=O)Nc2cnc(Br)cc2C)c2ccccc12. The molecule has 0 saturated carbocycles. The first-order chi connectivity index (χ1) is 11.9. The van der Waals surface area contributed by atoms with Crippen LogP contribution in [0.25, 0.3) is 10.8 Å². The lowest BCUT2D eigenvalue weighted by atomic mass is 10.1. The molecule has 1 aromatic heterocycles. The van der Waals surface area contributed by atoms with E-state index in [1.807, 2.05) is 32.0 Å². The summed E-state index contributed by atoms with van der Waals surface area (Å²) in [7, 11) is -3.77. The number of anilines is 1. The normalized spacial score (nSPS) is 11.5. The second-order valence-corrected chi connectivity index (χ2v) is 7.93. The fourth-order valence-electron chi connectivity index (χ4n) is 2.59. The lowest BCUT2D eigenvalue weighted by molar-refractivity contribution is 0.344. The third-order valence-electron chi connectivity index (χ3n) is 3.76. The molecule has 7 heteroatoms. The lowest BCUT2D eigenvalue weighted by Crippen LogP contribution is -2.14. The molecule has 130 valence electrons. The standard InChI is InChI=1S/C18H17BrN2O3S/c1-3-24-16-8-9-17(14-7-5-4-6-13(14)16)25(22,23)21-15-11-20-18(19)10-12(15)2/h4-11,21H,3H2,1-2H3. The van der Waals surface area contributed by atoms with Crippen LogP contribution in [0.3, 0.4) is 0 Å². The molecular weight excluding hydrogens is 404 g/mol. The second-order valence-electron chi connectivity index (χ2n) is 5.47. The van der Waals surface area contributed by atoms with Crippen molar-refractivity contribution in [1.82, 2.24) is 4.98 Å². The first kappa shape index (κ1) is 17.7. The lowest BCUT2D eigenvalue weighted by Gasteiger charge is -2.14. The third-order valence-corrected chi connectivity index (χ3v) is 5.61. The third kappa shape index (κ3) is 3.62. The van der Waals surface area contributed by atoms with Gasteiger partial charge in [-0.05, 0) is 53.5 Å². The summed E-state index contributed by atoms with van der Waals surface area (Å²) in [6, 6.07) is 12.3. The van der Waals surface area contributed by atoms with Crippen molar-refractivity contribution in [1.29, 1.82) is 0 Å². The molecule has 1 heterocycles. The number of halogens is 1. The molecule has 25 heavy (non-hydrogen) atoms. The van der Waals surface area contributed by atoms with Gasteiger partial charge < -0.3 is 4.74 Å². The van der Waals surface area contributed by atoms with Gasteiger partial charge in [0.2, 0.25) is 0 Å². The number of pyridine rings is 1. The minimum Gasteiger partial charge on any atom is -0.493 e. The number of hydrogen-bond donors (Lipinski definition) is 1. The quantitative estimate of drug-likeness (QED) is 0.616. The van der Waals surface area contributed by atoms with E-state index in [9.17, 15) is 8.42 Å². The van der Waals surface area contributed by atoms with Gasteiger partial charge >= 0.3 is 0 Å². The van der Waals surface area contributed by atoms with Gasteiger partial charge in [0, 0.05) is 10.8 Å². The van der Waals surface area contributed by atoms with Gasteiger partial charge in [0.15, 0.2) is 0 Å². The fourth-order valence-corrected chi connectivity index (χ4v) is 4.36. The Balaban J connectivity index is 2.10. The van der Waals surface area contributed by atoms with Gasteiger partial charge in [-0.2, -0.15) is 0 Å². The summed E-state index contributed by atoms with van der Waals surface area (Å²) in [4.78, 5) is 4.29. The van der Waals surface area contributed by atoms with Gasteiger partial charge in [-0.15, -0.1) is 0 Å². The average molecular weight is 421 g/mol. The molecule has 0 fully saturated rings. The van der Waals surface area contributed by atoms with Crippen molar-refractivity contribution in [3.05, 3.63) is 58.8 Å². The van der Waals surface area contributed by atoms with Crippen LogP contribution in [-0.4, -0.2) is 20.0 Å². The Morgan fingerprint density at radius 2 is 1.88 bits per heavy atom. The molecule has 2 aromatic carbocycles. The van der Waals surface area contributed by atoms with Crippen LogP contribution in [0, 0.1) is 6.92 Å². The molecule has 0 radical (unpaired) electrons. The number of hydrogen-bond acceptors (Lipinski definition) is 4. The minimum absolute atomic E-state index is 0.203. The maximum atomic E-state index is 12.9. The van der Waals surface area contributed by atoms with Crippen LogP contribution in [0.2, 0.25) is 0 Å². The highest BCUT2D eigenvalue weighted by Crippen LogP contribution is 2.32. The van der Waals surface area contributed by atoms with Crippen molar-refractivity contribution in [3.8, 4) is 5.75 Å². The van der Waals surface area contributed by atoms with Gasteiger partial charge in [0.1, 0.15) is 10.4 Å². The zero-order valence-corrected chi connectivity index (χ0v) is 16.2. The predicted molar refractivity (Wildman–Crippen MR) is 103 cm³/mol. The van der Waals surface area contributed by atoms with Crippen LogP contribution < -0.4 is 9.46 Å². The summed E-state index contributed by atoms with van der Waals surface area (Å²) >= 11 is 3.27.